The fourth-order valence-electron chi connectivity index (χ4n) is 10.9. The number of ether oxygens (including phenoxy) is 4. The Morgan fingerprint density at radius 2 is 0.397 bits per heavy atom. The third-order valence-electron chi connectivity index (χ3n) is 18.3. The molecule has 0 aromatic heterocycles. The molecule has 0 aliphatic rings. The highest BCUT2D eigenvalue weighted by molar-refractivity contribution is 6.00. The minimum atomic E-state index is -1.53. The number of carboxylic acid groups (broad SMARTS) is 4. The Kier molecular flexibility index (Phi) is 67.7. The molecule has 0 aromatic carbocycles. The molecule has 0 spiro atoms. The third kappa shape index (κ3) is 64.3. The lowest BCUT2D eigenvalue weighted by atomic mass is 10.1. The van der Waals surface area contributed by atoms with Gasteiger partial charge in [-0.15, -0.1) is 0 Å². The summed E-state index contributed by atoms with van der Waals surface area (Å²) in [6.07, 6.45) is -5.84. The van der Waals surface area contributed by atoms with Crippen molar-refractivity contribution in [2.45, 2.75) is 110 Å². The van der Waals surface area contributed by atoms with Gasteiger partial charge in [-0.2, -0.15) is 0 Å². The van der Waals surface area contributed by atoms with Crippen LogP contribution in [-0.4, -0.2) is 460 Å². The molecule has 60 heteroatoms. The summed E-state index contributed by atoms with van der Waals surface area (Å²) in [5, 5.41) is 54.5. The van der Waals surface area contributed by atoms with Crippen LogP contribution in [0.3, 0.4) is 0 Å². The molecule has 0 fully saturated rings. The van der Waals surface area contributed by atoms with Crippen LogP contribution in [0.15, 0.2) is 0 Å². The lowest BCUT2D eigenvalue weighted by Gasteiger charge is -2.22. The predicted octanol–water partition coefficient (Wildman–Crippen LogP) is -14.2. The zero-order chi connectivity index (χ0) is 107. The molecule has 141 heavy (non-hydrogen) atoms. The fraction of sp³-hybridized carbons (Fsp3) is 0.605. The van der Waals surface area contributed by atoms with Crippen molar-refractivity contribution < 1.29 is 193 Å². The van der Waals surface area contributed by atoms with Gasteiger partial charge in [-0.3, -0.25) is 153 Å². The number of carbonyl (C=O) groups is 32. The standard InChI is InChI=1S/C42H64N10O20.C38H56N10O20.CH4/c1-69-39(65)23-49(36(62)12-9-28(54)16-46-34(60)22-52(26-42(68)72-4)38(64)18-48-32(58)15-44)19-29(55)6-5-13-45-33(59)21-51(25-41(67)71-3)37(63)17-47-31(57)10-7-30(56)20-50(24-40(66)70-2)35(61)11-8-27(53)14-43;39-10-23(49)4-7-31(57)46(20-36(63)64)16-26(52)3-6-27(53)43-13-33(59)47(21-37(65)66)17-29(55)41-9-1-2-25(51)15-45(19-35(61)62)32(58)8-5-24(50)12-42-30(56)18-48(22-38(67)68)34(60)14-44-28(54)11-40;/h5-26,43-44H2,1-4H3,(H,45,59)(H,46,60)(H,47,57)(H,48,58);1-22,39-40H2,(H,41,55)(H,42,56)(H,43,53)(H,44,54)(H,61,62)(H,63,64)(H,65,66)(H,67,68);1H4. The highest BCUT2D eigenvalue weighted by Gasteiger charge is 2.31. The normalized spacial score (nSPS) is 10.2. The number of methoxy groups -OCH3 is 4. The van der Waals surface area contributed by atoms with E-state index in [1.807, 2.05) is 0 Å². The van der Waals surface area contributed by atoms with E-state index in [2.05, 4.69) is 61.5 Å². The highest BCUT2D eigenvalue weighted by atomic mass is 16.5. The molecule has 788 valence electrons. The van der Waals surface area contributed by atoms with E-state index in [4.69, 9.17) is 33.1 Å². The highest BCUT2D eigenvalue weighted by Crippen LogP contribution is 2.10. The Balaban J connectivity index is -0.00000269. The first-order chi connectivity index (χ1) is 65.9. The van der Waals surface area contributed by atoms with Crippen molar-refractivity contribution in [3.63, 3.8) is 0 Å². The molecule has 60 nitrogen and oxygen atoms in total. The van der Waals surface area contributed by atoms with Crippen molar-refractivity contribution in [3.8, 4) is 0 Å². The smallest absolute Gasteiger partial charge is 0.325 e. The number of nitrogens with two attached hydrogens (primary N) is 4. The van der Waals surface area contributed by atoms with E-state index in [0.717, 1.165) is 48.0 Å². The summed E-state index contributed by atoms with van der Waals surface area (Å²) in [6, 6.07) is 0. The van der Waals surface area contributed by atoms with Crippen LogP contribution in [-0.2, 0) is 172 Å². The van der Waals surface area contributed by atoms with Crippen molar-refractivity contribution in [2.24, 2.45) is 22.9 Å². The summed E-state index contributed by atoms with van der Waals surface area (Å²) in [5.74, 6) is -28.0. The lowest BCUT2D eigenvalue weighted by molar-refractivity contribution is -0.148. The van der Waals surface area contributed by atoms with Crippen LogP contribution in [0.25, 0.3) is 0 Å². The predicted molar refractivity (Wildman–Crippen MR) is 472 cm³/mol. The molecule has 0 bridgehead atoms. The van der Waals surface area contributed by atoms with Crippen molar-refractivity contribution in [1.82, 2.24) is 81.7 Å². The molecule has 0 saturated carbocycles. The second-order valence-electron chi connectivity index (χ2n) is 29.6. The van der Waals surface area contributed by atoms with Gasteiger partial charge in [0.2, 0.25) is 94.5 Å². The maximum atomic E-state index is 13.0. The van der Waals surface area contributed by atoms with E-state index < -0.39 is 403 Å². The summed E-state index contributed by atoms with van der Waals surface area (Å²) >= 11 is 0. The van der Waals surface area contributed by atoms with Gasteiger partial charge in [0.05, 0.1) is 120 Å². The fourth-order valence-corrected chi connectivity index (χ4v) is 10.9. The number of carbonyl (C=O) groups excluding carboxylic acids is 28. The largest absolute Gasteiger partial charge is 0.480 e. The molecule has 0 heterocycles. The number of rotatable bonds is 74. The first-order valence-electron chi connectivity index (χ1n) is 42.3. The van der Waals surface area contributed by atoms with Crippen LogP contribution in [0, 0.1) is 0 Å². The number of ketones is 8. The minimum absolute atomic E-state index is 0. The SMILES string of the molecule is C.COC(=O)CN(CC(=O)CCCNC(=O)CN(CC(=O)OC)C(=O)CNC(=O)CCC(=O)CN(CC(=O)OC)C(=O)CCC(=O)CN)C(=O)CCC(=O)CNC(=O)CN(CC(=O)OC)C(=O)CNC(=O)CN.NCC(=O)CCC(=O)N(CC(=O)O)CC(=O)CCC(=O)NCC(=O)N(CC(=O)O)CC(=O)NCCCC(=O)CN(CC(=O)O)C(=O)CCC(=O)CNC(=O)CN(CC(=O)O)C(=O)CNC(=O)CN. The molecule has 0 unspecified atom stereocenters. The van der Waals surface area contributed by atoms with Gasteiger partial charge < -0.3 is 144 Å². The summed E-state index contributed by atoms with van der Waals surface area (Å²) < 4.78 is 18.2. The molecular weight excluding hydrogens is 1890 g/mol. The molecule has 0 atom stereocenters. The molecular formula is C81H124N20O40. The number of hydrogen-bond acceptors (Lipinski definition) is 40. The quantitative estimate of drug-likeness (QED) is 0.0153. The Labute approximate surface area is 805 Å². The van der Waals surface area contributed by atoms with Gasteiger partial charge in [0.15, 0.2) is 34.7 Å². The Bertz CT molecular complexity index is 4190. The zero-order valence-corrected chi connectivity index (χ0v) is 77.5. The Morgan fingerprint density at radius 1 is 0.199 bits per heavy atom. The Morgan fingerprint density at radius 3 is 0.631 bits per heavy atom. The van der Waals surface area contributed by atoms with E-state index in [1.54, 1.807) is 0 Å². The molecule has 0 saturated heterocycles. The van der Waals surface area contributed by atoms with Crippen LogP contribution in [0.5, 0.6) is 0 Å². The number of esters is 4. The van der Waals surface area contributed by atoms with Gasteiger partial charge in [-0.25, -0.2) is 0 Å². The van der Waals surface area contributed by atoms with Crippen LogP contribution < -0.4 is 65.5 Å². The molecule has 0 radical (unpaired) electrons. The molecule has 16 amide bonds. The number of aliphatic carboxylic acids is 4. The van der Waals surface area contributed by atoms with Crippen molar-refractivity contribution in [2.75, 3.05) is 212 Å². The van der Waals surface area contributed by atoms with Crippen molar-refractivity contribution in [3.05, 3.63) is 0 Å². The molecule has 0 aromatic rings. The molecule has 0 aliphatic heterocycles. The van der Waals surface area contributed by atoms with Crippen LogP contribution in [0.4, 0.5) is 0 Å². The van der Waals surface area contributed by atoms with Gasteiger partial charge in [0, 0.05) is 103 Å². The number of nitrogens with one attached hydrogen (secondary N) is 8. The number of nitrogens with zero attached hydrogens (tertiary/aromatic N) is 8. The maximum Gasteiger partial charge on any atom is 0.325 e. The lowest BCUT2D eigenvalue weighted by Crippen LogP contribution is -2.48. The topological polar surface area (TPSA) is 890 Å². The van der Waals surface area contributed by atoms with Crippen LogP contribution in [0.2, 0.25) is 0 Å². The molecule has 0 rings (SSSR count). The number of amides is 16. The number of hydrogen-bond donors (Lipinski definition) is 16. The second kappa shape index (κ2) is 73.7. The summed E-state index contributed by atoms with van der Waals surface area (Å²) in [5.41, 5.74) is 20.7. The van der Waals surface area contributed by atoms with Gasteiger partial charge >= 0.3 is 47.8 Å². The zero-order valence-electron chi connectivity index (χ0n) is 77.5. The Hall–Kier alpha value is -15.5. The summed E-state index contributed by atoms with van der Waals surface area (Å²) in [7, 11) is 4.18. The van der Waals surface area contributed by atoms with E-state index >= 15 is 0 Å². The average Bonchev–Trinajstić information content (AvgIpc) is 0.909. The summed E-state index contributed by atoms with van der Waals surface area (Å²) in [6.45, 7) is -17.9. The van der Waals surface area contributed by atoms with Gasteiger partial charge in [-0.1, -0.05) is 7.43 Å². The van der Waals surface area contributed by atoms with Gasteiger partial charge in [0.25, 0.3) is 0 Å². The van der Waals surface area contributed by atoms with Crippen molar-refractivity contribution in [1.29, 1.82) is 0 Å². The van der Waals surface area contributed by atoms with Gasteiger partial charge in [-0.05, 0) is 12.8 Å². The van der Waals surface area contributed by atoms with Crippen LogP contribution in [0.1, 0.15) is 110 Å². The second-order valence-corrected chi connectivity index (χ2v) is 29.6. The number of carboxylic acids is 4. The minimum Gasteiger partial charge on any atom is -0.480 e. The van der Waals surface area contributed by atoms with Crippen molar-refractivity contribution >= 4 is 189 Å². The number of Topliss-reactive ketones (excluding diaryl/α,β-unsaturated/α-hetero) is 8. The average molecular weight is 2020 g/mol. The van der Waals surface area contributed by atoms with Crippen LogP contribution >= 0.6 is 0 Å². The molecule has 20 N–H and O–H groups in total. The van der Waals surface area contributed by atoms with Gasteiger partial charge in [0.1, 0.15) is 90.1 Å². The van der Waals surface area contributed by atoms with E-state index in [1.165, 1.54) is 0 Å². The third-order valence-corrected chi connectivity index (χ3v) is 18.3. The van der Waals surface area contributed by atoms with E-state index in [9.17, 15) is 164 Å². The first kappa shape index (κ1) is 130. The summed E-state index contributed by atoms with van der Waals surface area (Å²) in [4.78, 5) is 395. The monoisotopic (exact) mass is 2020 g/mol. The van der Waals surface area contributed by atoms with E-state index in [-0.39, 0.29) is 78.6 Å². The maximum absolute atomic E-state index is 13.0. The first-order valence-corrected chi connectivity index (χ1v) is 42.3. The van der Waals surface area contributed by atoms with E-state index in [0.29, 0.717) is 19.6 Å². The molecule has 0 aliphatic carbocycles.